The van der Waals surface area contributed by atoms with Gasteiger partial charge in [0.15, 0.2) is 11.5 Å². The molecule has 0 aliphatic heterocycles. The summed E-state index contributed by atoms with van der Waals surface area (Å²) in [6.45, 7) is 4.10. The van der Waals surface area contributed by atoms with E-state index >= 15 is 0 Å². The molecule has 1 heterocycles. The molecule has 7 nitrogen and oxygen atoms in total. The SMILES string of the molecule is COc1cccc(CNCCSc2nnnn2C)c1OCc1ccc(C)cc1. The number of aryl methyl sites for hydroxylation is 2. The van der Waals surface area contributed by atoms with E-state index in [2.05, 4.69) is 58.1 Å². The largest absolute Gasteiger partial charge is 0.493 e. The lowest BCUT2D eigenvalue weighted by atomic mass is 10.1. The van der Waals surface area contributed by atoms with E-state index in [0.29, 0.717) is 13.2 Å². The van der Waals surface area contributed by atoms with Crippen LogP contribution in [0, 0.1) is 6.92 Å². The highest BCUT2D eigenvalue weighted by Gasteiger charge is 2.11. The van der Waals surface area contributed by atoms with Crippen molar-refractivity contribution in [1.82, 2.24) is 25.5 Å². The van der Waals surface area contributed by atoms with Gasteiger partial charge >= 0.3 is 0 Å². The zero-order valence-corrected chi connectivity index (χ0v) is 17.2. The fourth-order valence-corrected chi connectivity index (χ4v) is 3.39. The molecule has 0 saturated heterocycles. The highest BCUT2D eigenvalue weighted by molar-refractivity contribution is 7.99. The number of hydrogen-bond donors (Lipinski definition) is 1. The third-order valence-electron chi connectivity index (χ3n) is 4.19. The maximum atomic E-state index is 6.12. The molecule has 0 saturated carbocycles. The van der Waals surface area contributed by atoms with Crippen LogP contribution in [0.1, 0.15) is 16.7 Å². The van der Waals surface area contributed by atoms with Crippen molar-refractivity contribution in [2.45, 2.75) is 25.2 Å². The predicted octanol–water partition coefficient (Wildman–Crippen LogP) is 2.99. The van der Waals surface area contributed by atoms with Gasteiger partial charge in [0, 0.05) is 31.5 Å². The summed E-state index contributed by atoms with van der Waals surface area (Å²) >= 11 is 1.62. The molecule has 0 spiro atoms. The summed E-state index contributed by atoms with van der Waals surface area (Å²) in [5.74, 6) is 2.40. The maximum absolute atomic E-state index is 6.12. The number of para-hydroxylation sites is 1. The van der Waals surface area contributed by atoms with Crippen LogP contribution in [-0.4, -0.2) is 39.6 Å². The van der Waals surface area contributed by atoms with Crippen LogP contribution in [0.3, 0.4) is 0 Å². The summed E-state index contributed by atoms with van der Waals surface area (Å²) in [6.07, 6.45) is 0. The van der Waals surface area contributed by atoms with E-state index < -0.39 is 0 Å². The van der Waals surface area contributed by atoms with E-state index in [9.17, 15) is 0 Å². The Balaban J connectivity index is 1.55. The van der Waals surface area contributed by atoms with Crippen molar-refractivity contribution in [3.05, 3.63) is 59.2 Å². The molecule has 8 heteroatoms. The van der Waals surface area contributed by atoms with E-state index in [1.54, 1.807) is 23.6 Å². The van der Waals surface area contributed by atoms with Crippen LogP contribution < -0.4 is 14.8 Å². The minimum atomic E-state index is 0.503. The number of tetrazole rings is 1. The number of methoxy groups -OCH3 is 1. The quantitative estimate of drug-likeness (QED) is 0.415. The summed E-state index contributed by atoms with van der Waals surface area (Å²) in [4.78, 5) is 0. The molecule has 28 heavy (non-hydrogen) atoms. The Morgan fingerprint density at radius 2 is 1.96 bits per heavy atom. The molecule has 0 bridgehead atoms. The van der Waals surface area contributed by atoms with E-state index in [1.807, 2.05) is 19.2 Å². The molecule has 0 aliphatic rings. The van der Waals surface area contributed by atoms with E-state index in [-0.39, 0.29) is 0 Å². The Morgan fingerprint density at radius 3 is 2.68 bits per heavy atom. The van der Waals surface area contributed by atoms with Crippen molar-refractivity contribution in [2.75, 3.05) is 19.4 Å². The molecular formula is C20H25N5O2S. The third-order valence-corrected chi connectivity index (χ3v) is 5.20. The van der Waals surface area contributed by atoms with Gasteiger partial charge < -0.3 is 14.8 Å². The van der Waals surface area contributed by atoms with Crippen LogP contribution in [0.5, 0.6) is 11.5 Å². The van der Waals surface area contributed by atoms with Crippen molar-refractivity contribution < 1.29 is 9.47 Å². The van der Waals surface area contributed by atoms with E-state index in [1.165, 1.54) is 5.56 Å². The molecule has 3 aromatic rings. The summed E-state index contributed by atoms with van der Waals surface area (Å²) in [6, 6.07) is 14.3. The van der Waals surface area contributed by atoms with Crippen LogP contribution in [0.15, 0.2) is 47.6 Å². The number of nitrogens with one attached hydrogen (secondary N) is 1. The molecule has 3 rings (SSSR count). The highest BCUT2D eigenvalue weighted by Crippen LogP contribution is 2.31. The minimum Gasteiger partial charge on any atom is -0.493 e. The van der Waals surface area contributed by atoms with Crippen LogP contribution in [0.2, 0.25) is 0 Å². The summed E-state index contributed by atoms with van der Waals surface area (Å²) < 4.78 is 13.3. The Labute approximate surface area is 169 Å². The second-order valence-electron chi connectivity index (χ2n) is 6.33. The van der Waals surface area contributed by atoms with Crippen LogP contribution >= 0.6 is 11.8 Å². The topological polar surface area (TPSA) is 74.1 Å². The van der Waals surface area contributed by atoms with Crippen LogP contribution in [0.25, 0.3) is 0 Å². The number of rotatable bonds is 10. The Hall–Kier alpha value is -2.58. The number of thioether (sulfide) groups is 1. The van der Waals surface area contributed by atoms with Gasteiger partial charge in [0.25, 0.3) is 0 Å². The van der Waals surface area contributed by atoms with Gasteiger partial charge in [-0.1, -0.05) is 53.7 Å². The molecule has 0 unspecified atom stereocenters. The van der Waals surface area contributed by atoms with Gasteiger partial charge in [-0.2, -0.15) is 0 Å². The molecule has 1 aromatic heterocycles. The molecule has 1 N–H and O–H groups in total. The fourth-order valence-electron chi connectivity index (χ4n) is 2.65. The molecule has 148 valence electrons. The van der Waals surface area contributed by atoms with E-state index in [0.717, 1.165) is 40.1 Å². The highest BCUT2D eigenvalue weighted by atomic mass is 32.2. The molecule has 2 aromatic carbocycles. The molecule has 0 amide bonds. The van der Waals surface area contributed by atoms with Crippen molar-refractivity contribution in [3.63, 3.8) is 0 Å². The zero-order valence-electron chi connectivity index (χ0n) is 16.4. The van der Waals surface area contributed by atoms with Gasteiger partial charge in [-0.15, -0.1) is 5.10 Å². The monoisotopic (exact) mass is 399 g/mol. The number of hydrogen-bond acceptors (Lipinski definition) is 7. The van der Waals surface area contributed by atoms with Gasteiger partial charge in [-0.25, -0.2) is 4.68 Å². The van der Waals surface area contributed by atoms with Crippen LogP contribution in [0.4, 0.5) is 0 Å². The molecule has 0 atom stereocenters. The van der Waals surface area contributed by atoms with Gasteiger partial charge in [0.05, 0.1) is 7.11 Å². The van der Waals surface area contributed by atoms with Crippen molar-refractivity contribution in [1.29, 1.82) is 0 Å². The minimum absolute atomic E-state index is 0.503. The first kappa shape index (κ1) is 20.2. The van der Waals surface area contributed by atoms with Crippen molar-refractivity contribution in [2.24, 2.45) is 7.05 Å². The normalized spacial score (nSPS) is 10.8. The molecule has 0 radical (unpaired) electrons. The van der Waals surface area contributed by atoms with Crippen LogP contribution in [-0.2, 0) is 20.2 Å². The summed E-state index contributed by atoms with van der Waals surface area (Å²) in [5, 5.41) is 15.7. The smallest absolute Gasteiger partial charge is 0.209 e. The molecule has 0 aliphatic carbocycles. The van der Waals surface area contributed by atoms with Crippen molar-refractivity contribution in [3.8, 4) is 11.5 Å². The first-order valence-corrected chi connectivity index (χ1v) is 10.1. The second-order valence-corrected chi connectivity index (χ2v) is 7.40. The first-order valence-electron chi connectivity index (χ1n) is 9.07. The zero-order chi connectivity index (χ0) is 19.8. The Bertz CT molecular complexity index is 883. The second kappa shape index (κ2) is 10.1. The molecule has 0 fully saturated rings. The number of nitrogens with zero attached hydrogens (tertiary/aromatic N) is 4. The Kier molecular flexibility index (Phi) is 7.27. The summed E-state index contributed by atoms with van der Waals surface area (Å²) in [7, 11) is 3.50. The van der Waals surface area contributed by atoms with Gasteiger partial charge in [0.1, 0.15) is 6.61 Å². The lowest BCUT2D eigenvalue weighted by Gasteiger charge is -2.16. The average molecular weight is 400 g/mol. The fraction of sp³-hybridized carbons (Fsp3) is 0.350. The lowest BCUT2D eigenvalue weighted by Crippen LogP contribution is -2.17. The third kappa shape index (κ3) is 5.46. The van der Waals surface area contributed by atoms with Crippen molar-refractivity contribution >= 4 is 11.8 Å². The summed E-state index contributed by atoms with van der Waals surface area (Å²) in [5.41, 5.74) is 3.43. The van der Waals surface area contributed by atoms with Gasteiger partial charge in [-0.05, 0) is 29.0 Å². The Morgan fingerprint density at radius 1 is 1.14 bits per heavy atom. The predicted molar refractivity (Wildman–Crippen MR) is 110 cm³/mol. The number of aromatic nitrogens is 4. The lowest BCUT2D eigenvalue weighted by molar-refractivity contribution is 0.280. The van der Waals surface area contributed by atoms with Gasteiger partial charge in [0.2, 0.25) is 5.16 Å². The number of benzene rings is 2. The first-order chi connectivity index (χ1) is 13.7. The maximum Gasteiger partial charge on any atom is 0.209 e. The average Bonchev–Trinajstić information content (AvgIpc) is 3.12. The standard InChI is InChI=1S/C20H25N5O2S/c1-15-7-9-16(10-8-15)14-27-19-17(5-4-6-18(19)26-3)13-21-11-12-28-20-22-23-24-25(20)2/h4-10,21H,11-14H2,1-3H3. The van der Waals surface area contributed by atoms with E-state index in [4.69, 9.17) is 9.47 Å². The molecular weight excluding hydrogens is 374 g/mol. The van der Waals surface area contributed by atoms with Gasteiger partial charge in [-0.3, -0.25) is 0 Å². The number of ether oxygens (including phenoxy) is 2.